The molecule has 1 aliphatic rings. The maximum Gasteiger partial charge on any atom is 0.262 e. The third kappa shape index (κ3) is 4.63. The highest BCUT2D eigenvalue weighted by Gasteiger charge is 2.19. The number of methoxy groups -OCH3 is 1. The van der Waals surface area contributed by atoms with Gasteiger partial charge in [-0.25, -0.2) is 0 Å². The highest BCUT2D eigenvalue weighted by molar-refractivity contribution is 6.00. The maximum absolute atomic E-state index is 12.2. The summed E-state index contributed by atoms with van der Waals surface area (Å²) >= 11 is 0. The summed E-state index contributed by atoms with van der Waals surface area (Å²) in [6, 6.07) is 12.0. The maximum atomic E-state index is 12.2. The molecule has 7 heteroatoms. The predicted molar refractivity (Wildman–Crippen MR) is 100 cm³/mol. The van der Waals surface area contributed by atoms with Crippen molar-refractivity contribution in [1.82, 2.24) is 0 Å². The molecule has 0 radical (unpaired) electrons. The van der Waals surface area contributed by atoms with Crippen molar-refractivity contribution < 1.29 is 23.9 Å². The summed E-state index contributed by atoms with van der Waals surface area (Å²) in [6.45, 7) is -0.0871. The van der Waals surface area contributed by atoms with Crippen LogP contribution in [0.1, 0.15) is 29.6 Å². The minimum absolute atomic E-state index is 0.0198. The number of ketones is 1. The van der Waals surface area contributed by atoms with Gasteiger partial charge in [0.15, 0.2) is 18.1 Å². The average molecular weight is 368 g/mol. The highest BCUT2D eigenvalue weighted by atomic mass is 16.5. The van der Waals surface area contributed by atoms with Gasteiger partial charge < -0.3 is 20.1 Å². The van der Waals surface area contributed by atoms with Gasteiger partial charge >= 0.3 is 0 Å². The lowest BCUT2D eigenvalue weighted by molar-refractivity contribution is -0.118. The molecule has 2 aromatic carbocycles. The number of rotatable bonds is 7. The minimum Gasteiger partial charge on any atom is -0.497 e. The predicted octanol–water partition coefficient (Wildman–Crippen LogP) is 3.02. The van der Waals surface area contributed by atoms with Gasteiger partial charge in [0.1, 0.15) is 5.75 Å². The Morgan fingerprint density at radius 1 is 1.15 bits per heavy atom. The van der Waals surface area contributed by atoms with Crippen LogP contribution < -0.4 is 20.1 Å². The van der Waals surface area contributed by atoms with Gasteiger partial charge in [-0.3, -0.25) is 14.4 Å². The van der Waals surface area contributed by atoms with Gasteiger partial charge in [0, 0.05) is 18.4 Å². The average Bonchev–Trinajstić information content (AvgIpc) is 2.68. The van der Waals surface area contributed by atoms with Crippen molar-refractivity contribution in [2.24, 2.45) is 0 Å². The molecule has 0 bridgehead atoms. The first-order valence-corrected chi connectivity index (χ1v) is 8.59. The van der Waals surface area contributed by atoms with E-state index < -0.39 is 0 Å². The Morgan fingerprint density at radius 2 is 1.93 bits per heavy atom. The molecular weight excluding hydrogens is 348 g/mol. The second-order valence-electron chi connectivity index (χ2n) is 6.07. The molecule has 2 amide bonds. The number of nitrogens with one attached hydrogen (secondary N) is 2. The van der Waals surface area contributed by atoms with E-state index in [9.17, 15) is 14.4 Å². The number of hydrogen-bond donors (Lipinski definition) is 2. The van der Waals surface area contributed by atoms with Crippen molar-refractivity contribution in [3.8, 4) is 11.5 Å². The number of ether oxygens (including phenoxy) is 2. The zero-order chi connectivity index (χ0) is 19.2. The van der Waals surface area contributed by atoms with Crippen LogP contribution in [0.2, 0.25) is 0 Å². The van der Waals surface area contributed by atoms with E-state index in [0.717, 1.165) is 0 Å². The lowest BCUT2D eigenvalue weighted by atomic mass is 10.1. The quantitative estimate of drug-likeness (QED) is 0.733. The van der Waals surface area contributed by atoms with Crippen molar-refractivity contribution in [2.45, 2.75) is 19.3 Å². The number of carbonyl (C=O) groups is 3. The monoisotopic (exact) mass is 368 g/mol. The van der Waals surface area contributed by atoms with Gasteiger partial charge in [-0.1, -0.05) is 6.07 Å². The molecule has 0 saturated heterocycles. The van der Waals surface area contributed by atoms with Crippen LogP contribution in [0.25, 0.3) is 0 Å². The second kappa shape index (κ2) is 8.35. The van der Waals surface area contributed by atoms with E-state index in [4.69, 9.17) is 9.47 Å². The summed E-state index contributed by atoms with van der Waals surface area (Å²) in [6.07, 6.45) is 0.917. The van der Waals surface area contributed by atoms with Gasteiger partial charge in [-0.2, -0.15) is 0 Å². The van der Waals surface area contributed by atoms with Crippen LogP contribution in [0.5, 0.6) is 11.5 Å². The summed E-state index contributed by atoms with van der Waals surface area (Å²) in [5.74, 6) is 0.665. The largest absolute Gasteiger partial charge is 0.497 e. The van der Waals surface area contributed by atoms with Crippen molar-refractivity contribution in [2.75, 3.05) is 24.4 Å². The zero-order valence-electron chi connectivity index (χ0n) is 14.9. The SMILES string of the molecule is COc1ccc(C(=O)CCCC(=O)Nc2cccc3c2OCC(=O)N3)cc1. The molecule has 0 unspecified atom stereocenters. The second-order valence-corrected chi connectivity index (χ2v) is 6.07. The van der Waals surface area contributed by atoms with E-state index in [1.165, 1.54) is 0 Å². The van der Waals surface area contributed by atoms with Crippen LogP contribution in [-0.4, -0.2) is 31.3 Å². The molecule has 0 fully saturated rings. The fraction of sp³-hybridized carbons (Fsp3) is 0.250. The third-order valence-electron chi connectivity index (χ3n) is 4.13. The molecule has 0 aromatic heterocycles. The number of amides is 2. The van der Waals surface area contributed by atoms with E-state index in [1.807, 2.05) is 0 Å². The first kappa shape index (κ1) is 18.4. The first-order chi connectivity index (χ1) is 13.1. The smallest absolute Gasteiger partial charge is 0.262 e. The van der Waals surface area contributed by atoms with Gasteiger partial charge in [0.2, 0.25) is 5.91 Å². The lowest BCUT2D eigenvalue weighted by Gasteiger charge is -2.20. The standard InChI is InChI=1S/C20H20N2O5/c1-26-14-10-8-13(9-11-14)17(23)6-3-7-18(24)21-15-4-2-5-16-20(15)27-12-19(25)22-16/h2,4-5,8-11H,3,6-7,12H2,1H3,(H,21,24)(H,22,25). The molecule has 2 N–H and O–H groups in total. The minimum atomic E-state index is -0.233. The number of carbonyl (C=O) groups excluding carboxylic acids is 3. The van der Waals surface area contributed by atoms with E-state index in [1.54, 1.807) is 49.6 Å². The fourth-order valence-electron chi connectivity index (χ4n) is 2.76. The van der Waals surface area contributed by atoms with E-state index in [2.05, 4.69) is 10.6 Å². The van der Waals surface area contributed by atoms with Crippen LogP contribution in [0.3, 0.4) is 0 Å². The van der Waals surface area contributed by atoms with Crippen LogP contribution in [0.4, 0.5) is 11.4 Å². The molecule has 1 heterocycles. The Morgan fingerprint density at radius 3 is 2.67 bits per heavy atom. The van der Waals surface area contributed by atoms with Crippen LogP contribution in [0.15, 0.2) is 42.5 Å². The number of anilines is 2. The molecule has 0 atom stereocenters. The van der Waals surface area contributed by atoms with Crippen LogP contribution in [-0.2, 0) is 9.59 Å². The highest BCUT2D eigenvalue weighted by Crippen LogP contribution is 2.35. The molecule has 1 aliphatic heterocycles. The number of hydrogen-bond acceptors (Lipinski definition) is 5. The fourth-order valence-corrected chi connectivity index (χ4v) is 2.76. The summed E-state index contributed by atoms with van der Waals surface area (Å²) in [4.78, 5) is 35.7. The lowest BCUT2D eigenvalue weighted by Crippen LogP contribution is -2.26. The molecule has 0 spiro atoms. The van der Waals surface area contributed by atoms with E-state index >= 15 is 0 Å². The zero-order valence-corrected chi connectivity index (χ0v) is 14.9. The number of Topliss-reactive ketones (excluding diaryl/α,β-unsaturated/α-hetero) is 1. The Hall–Kier alpha value is -3.35. The van der Waals surface area contributed by atoms with Crippen molar-refractivity contribution >= 4 is 29.0 Å². The number of fused-ring (bicyclic) bond motifs is 1. The van der Waals surface area contributed by atoms with E-state index in [-0.39, 0.29) is 37.0 Å². The molecule has 0 saturated carbocycles. The normalized spacial score (nSPS) is 12.4. The topological polar surface area (TPSA) is 93.7 Å². The van der Waals surface area contributed by atoms with E-state index in [0.29, 0.717) is 34.9 Å². The Kier molecular flexibility index (Phi) is 5.71. The Bertz CT molecular complexity index is 861. The molecule has 140 valence electrons. The molecule has 0 aliphatic carbocycles. The Labute approximate surface area is 156 Å². The summed E-state index contributed by atoms with van der Waals surface area (Å²) in [5.41, 5.74) is 1.62. The third-order valence-corrected chi connectivity index (χ3v) is 4.13. The van der Waals surface area contributed by atoms with Crippen molar-refractivity contribution in [3.63, 3.8) is 0 Å². The van der Waals surface area contributed by atoms with Crippen LogP contribution >= 0.6 is 0 Å². The van der Waals surface area contributed by atoms with Crippen molar-refractivity contribution in [1.29, 1.82) is 0 Å². The van der Waals surface area contributed by atoms with Gasteiger partial charge in [-0.05, 0) is 42.8 Å². The molecule has 27 heavy (non-hydrogen) atoms. The summed E-state index contributed by atoms with van der Waals surface area (Å²) < 4.78 is 10.5. The van der Waals surface area contributed by atoms with Gasteiger partial charge in [0.25, 0.3) is 5.91 Å². The summed E-state index contributed by atoms with van der Waals surface area (Å²) in [7, 11) is 1.57. The first-order valence-electron chi connectivity index (χ1n) is 8.59. The molecule has 7 nitrogen and oxygen atoms in total. The van der Waals surface area contributed by atoms with Crippen molar-refractivity contribution in [3.05, 3.63) is 48.0 Å². The Balaban J connectivity index is 1.51. The number of para-hydroxylation sites is 1. The van der Waals surface area contributed by atoms with Crippen LogP contribution in [0, 0.1) is 0 Å². The molecular formula is C20H20N2O5. The number of benzene rings is 2. The van der Waals surface area contributed by atoms with Gasteiger partial charge in [0.05, 0.1) is 18.5 Å². The summed E-state index contributed by atoms with van der Waals surface area (Å²) in [5, 5.41) is 5.46. The molecule has 2 aromatic rings. The van der Waals surface area contributed by atoms with Gasteiger partial charge in [-0.15, -0.1) is 0 Å². The molecule has 3 rings (SSSR count).